The molecule has 3 fully saturated rings. The van der Waals surface area contributed by atoms with Crippen LogP contribution in [0.2, 0.25) is 0 Å². The summed E-state index contributed by atoms with van der Waals surface area (Å²) in [4.78, 5) is 16.0. The molecule has 3 heterocycles. The molecule has 3 aliphatic rings. The van der Waals surface area contributed by atoms with Crippen LogP contribution in [-0.4, -0.2) is 49.7 Å². The third-order valence-electron chi connectivity index (χ3n) is 6.86. The van der Waals surface area contributed by atoms with Crippen molar-refractivity contribution in [3.05, 3.63) is 35.9 Å². The summed E-state index contributed by atoms with van der Waals surface area (Å²) in [5.74, 6) is 0.820. The Morgan fingerprint density at radius 3 is 2.65 bits per heavy atom. The van der Waals surface area contributed by atoms with Crippen LogP contribution < -0.4 is 5.32 Å². The van der Waals surface area contributed by atoms with E-state index in [1.165, 1.54) is 45.2 Å². The average molecular weight is 357 g/mol. The summed E-state index contributed by atoms with van der Waals surface area (Å²) in [7, 11) is 0. The van der Waals surface area contributed by atoms with Crippen molar-refractivity contribution in [2.24, 2.45) is 5.92 Å². The van der Waals surface area contributed by atoms with Gasteiger partial charge < -0.3 is 15.0 Å². The first-order chi connectivity index (χ1) is 12.8. The lowest BCUT2D eigenvalue weighted by molar-refractivity contribution is -0.131. The molecule has 2 unspecified atom stereocenters. The van der Waals surface area contributed by atoms with Crippen molar-refractivity contribution in [1.82, 2.24) is 10.2 Å². The van der Waals surface area contributed by atoms with Crippen LogP contribution >= 0.6 is 0 Å². The van der Waals surface area contributed by atoms with Crippen molar-refractivity contribution < 1.29 is 9.53 Å². The van der Waals surface area contributed by atoms with Crippen LogP contribution in [0.25, 0.3) is 0 Å². The fourth-order valence-corrected chi connectivity index (χ4v) is 5.33. The van der Waals surface area contributed by atoms with Crippen LogP contribution in [0.15, 0.2) is 30.3 Å². The Bertz CT molecular complexity index is 595. The zero-order chi connectivity index (χ0) is 17.8. The maximum Gasteiger partial charge on any atom is 0.230 e. The lowest BCUT2D eigenvalue weighted by atomic mass is 9.73. The minimum Gasteiger partial charge on any atom is -0.381 e. The number of rotatable bonds is 4. The van der Waals surface area contributed by atoms with Crippen LogP contribution in [0.1, 0.15) is 50.5 Å². The number of hydrogen-bond donors (Lipinski definition) is 1. The van der Waals surface area contributed by atoms with Gasteiger partial charge in [0, 0.05) is 25.8 Å². The zero-order valence-electron chi connectivity index (χ0n) is 15.8. The van der Waals surface area contributed by atoms with Gasteiger partial charge in [-0.1, -0.05) is 36.8 Å². The molecule has 4 rings (SSSR count). The second kappa shape index (κ2) is 8.10. The van der Waals surface area contributed by atoms with Crippen LogP contribution in [0.4, 0.5) is 0 Å². The van der Waals surface area contributed by atoms with Crippen LogP contribution in [0.5, 0.6) is 0 Å². The van der Waals surface area contributed by atoms with Gasteiger partial charge in [-0.05, 0) is 63.1 Å². The van der Waals surface area contributed by atoms with Gasteiger partial charge in [-0.15, -0.1) is 0 Å². The topological polar surface area (TPSA) is 41.6 Å². The number of ether oxygens (including phenoxy) is 1. The van der Waals surface area contributed by atoms with Crippen molar-refractivity contribution in [2.45, 2.75) is 56.4 Å². The highest BCUT2D eigenvalue weighted by atomic mass is 16.5. The maximum atomic E-state index is 13.3. The molecule has 142 valence electrons. The van der Waals surface area contributed by atoms with Crippen LogP contribution in [-0.2, 0) is 14.9 Å². The van der Waals surface area contributed by atoms with E-state index in [1.54, 1.807) is 0 Å². The summed E-state index contributed by atoms with van der Waals surface area (Å²) < 4.78 is 5.57. The Balaban J connectivity index is 1.45. The highest BCUT2D eigenvalue weighted by Crippen LogP contribution is 2.36. The number of carbonyl (C=O) groups is 1. The van der Waals surface area contributed by atoms with Crippen LogP contribution in [0, 0.1) is 5.92 Å². The number of amides is 1. The molecule has 2 atom stereocenters. The quantitative estimate of drug-likeness (QED) is 0.901. The number of carbonyl (C=O) groups excluding carboxylic acids is 1. The van der Waals surface area contributed by atoms with E-state index in [-0.39, 0.29) is 5.91 Å². The van der Waals surface area contributed by atoms with Gasteiger partial charge in [0.05, 0.1) is 5.41 Å². The van der Waals surface area contributed by atoms with Gasteiger partial charge in [0.1, 0.15) is 0 Å². The summed E-state index contributed by atoms with van der Waals surface area (Å²) >= 11 is 0. The van der Waals surface area contributed by atoms with E-state index in [1.807, 2.05) is 18.2 Å². The Hall–Kier alpha value is -1.39. The van der Waals surface area contributed by atoms with E-state index in [2.05, 4.69) is 22.3 Å². The lowest BCUT2D eigenvalue weighted by Gasteiger charge is -2.45. The second-order valence-electron chi connectivity index (χ2n) is 8.27. The summed E-state index contributed by atoms with van der Waals surface area (Å²) in [6, 6.07) is 11.0. The van der Waals surface area contributed by atoms with Gasteiger partial charge in [0.25, 0.3) is 0 Å². The molecule has 4 nitrogen and oxygen atoms in total. The van der Waals surface area contributed by atoms with Crippen molar-refractivity contribution >= 4 is 5.91 Å². The molecule has 4 heteroatoms. The zero-order valence-corrected chi connectivity index (χ0v) is 15.8. The summed E-state index contributed by atoms with van der Waals surface area (Å²) in [5.41, 5.74) is 0.726. The van der Waals surface area contributed by atoms with Gasteiger partial charge in [0.15, 0.2) is 0 Å². The molecule has 3 aliphatic heterocycles. The van der Waals surface area contributed by atoms with E-state index in [4.69, 9.17) is 4.74 Å². The third kappa shape index (κ3) is 3.54. The molecule has 1 amide bonds. The number of nitrogens with one attached hydrogen (secondary N) is 1. The number of piperidine rings is 2. The summed E-state index contributed by atoms with van der Waals surface area (Å²) in [5, 5.41) is 3.37. The molecule has 1 N–H and O–H groups in total. The normalized spacial score (nSPS) is 28.9. The highest BCUT2D eigenvalue weighted by molar-refractivity contribution is 5.88. The molecule has 26 heavy (non-hydrogen) atoms. The molecule has 0 spiro atoms. The minimum absolute atomic E-state index is 0.208. The minimum atomic E-state index is -0.416. The first-order valence-corrected chi connectivity index (χ1v) is 10.5. The molecule has 0 aromatic heterocycles. The molecule has 0 bridgehead atoms. The van der Waals surface area contributed by atoms with Gasteiger partial charge in [0.2, 0.25) is 5.91 Å². The van der Waals surface area contributed by atoms with E-state index in [0.717, 1.165) is 24.9 Å². The molecule has 1 aromatic rings. The molecular formula is C22H32N2O2. The van der Waals surface area contributed by atoms with E-state index < -0.39 is 5.41 Å². The van der Waals surface area contributed by atoms with Gasteiger partial charge in [-0.25, -0.2) is 0 Å². The largest absolute Gasteiger partial charge is 0.381 e. The Morgan fingerprint density at radius 2 is 1.85 bits per heavy atom. The smallest absolute Gasteiger partial charge is 0.230 e. The fourth-order valence-electron chi connectivity index (χ4n) is 5.33. The Kier molecular flexibility index (Phi) is 5.60. The van der Waals surface area contributed by atoms with E-state index in [0.29, 0.717) is 25.2 Å². The molecule has 0 radical (unpaired) electrons. The standard InChI is InChI=1S/C22H32N2O2/c25-21(22(11-15-26-16-12-22)19-8-2-1-3-9-19)23-17-18-7-6-14-24-13-5-4-10-20(18)24/h1-3,8-9,18,20H,4-7,10-17H2,(H,23,25). The van der Waals surface area contributed by atoms with Crippen LogP contribution in [0.3, 0.4) is 0 Å². The predicted octanol–water partition coefficient (Wildman–Crippen LogP) is 3.12. The van der Waals surface area contributed by atoms with Crippen molar-refractivity contribution in [1.29, 1.82) is 0 Å². The predicted molar refractivity (Wildman–Crippen MR) is 103 cm³/mol. The molecule has 1 aromatic carbocycles. The fraction of sp³-hybridized carbons (Fsp3) is 0.682. The highest BCUT2D eigenvalue weighted by Gasteiger charge is 2.42. The SMILES string of the molecule is O=C(NCC1CCCN2CCCCC12)C1(c2ccccc2)CCOCC1. The maximum absolute atomic E-state index is 13.3. The number of benzene rings is 1. The van der Waals surface area contributed by atoms with Crippen molar-refractivity contribution in [3.8, 4) is 0 Å². The van der Waals surface area contributed by atoms with Gasteiger partial charge in [-0.3, -0.25) is 4.79 Å². The molecular weight excluding hydrogens is 324 g/mol. The van der Waals surface area contributed by atoms with Crippen molar-refractivity contribution in [2.75, 3.05) is 32.8 Å². The van der Waals surface area contributed by atoms with E-state index >= 15 is 0 Å². The van der Waals surface area contributed by atoms with E-state index in [9.17, 15) is 4.79 Å². The first-order valence-electron chi connectivity index (χ1n) is 10.5. The summed E-state index contributed by atoms with van der Waals surface area (Å²) in [6.45, 7) is 4.67. The first kappa shape index (κ1) is 18.0. The molecule has 3 saturated heterocycles. The Labute approximate surface area is 157 Å². The average Bonchev–Trinajstić information content (AvgIpc) is 2.73. The number of hydrogen-bond acceptors (Lipinski definition) is 3. The van der Waals surface area contributed by atoms with Crippen molar-refractivity contribution in [3.63, 3.8) is 0 Å². The third-order valence-corrected chi connectivity index (χ3v) is 6.86. The Morgan fingerprint density at radius 1 is 1.08 bits per heavy atom. The molecule has 0 aliphatic carbocycles. The monoisotopic (exact) mass is 356 g/mol. The summed E-state index contributed by atoms with van der Waals surface area (Å²) in [6.07, 6.45) is 8.07. The second-order valence-corrected chi connectivity index (χ2v) is 8.27. The number of fused-ring (bicyclic) bond motifs is 1. The lowest BCUT2D eigenvalue weighted by Crippen LogP contribution is -2.53. The van der Waals surface area contributed by atoms with Gasteiger partial charge in [-0.2, -0.15) is 0 Å². The number of nitrogens with zero attached hydrogens (tertiary/aromatic N) is 1. The molecule has 0 saturated carbocycles. The van der Waals surface area contributed by atoms with Gasteiger partial charge >= 0.3 is 0 Å².